The van der Waals surface area contributed by atoms with E-state index in [1.54, 1.807) is 17.4 Å². The third-order valence-corrected chi connectivity index (χ3v) is 3.75. The summed E-state index contributed by atoms with van der Waals surface area (Å²) in [5, 5.41) is 4.35. The van der Waals surface area contributed by atoms with E-state index in [9.17, 15) is 4.39 Å². The molecule has 0 fully saturated rings. The van der Waals surface area contributed by atoms with Crippen LogP contribution in [0.25, 0.3) is 0 Å². The van der Waals surface area contributed by atoms with Crippen LogP contribution < -0.4 is 5.32 Å². The maximum atomic E-state index is 13.5. The highest BCUT2D eigenvalue weighted by Gasteiger charge is 2.06. The number of rotatable bonds is 6. The quantitative estimate of drug-likeness (QED) is 0.873. The standard InChI is InChI=1S/C15H19FN2S/c1-11(2)8-17-9-13-10-18-15(19-13)7-12-5-3-4-6-14(12)16/h3-6,10-11,17H,7-9H2,1-2H3. The summed E-state index contributed by atoms with van der Waals surface area (Å²) in [7, 11) is 0. The number of nitrogens with one attached hydrogen (secondary N) is 1. The molecule has 0 aliphatic heterocycles. The first-order valence-corrected chi connectivity index (χ1v) is 7.34. The zero-order valence-electron chi connectivity index (χ0n) is 11.3. The second-order valence-corrected chi connectivity index (χ2v) is 6.21. The molecule has 0 atom stereocenters. The highest BCUT2D eigenvalue weighted by molar-refractivity contribution is 7.11. The van der Waals surface area contributed by atoms with Gasteiger partial charge in [-0.05, 0) is 24.1 Å². The van der Waals surface area contributed by atoms with Gasteiger partial charge < -0.3 is 5.32 Å². The van der Waals surface area contributed by atoms with Crippen LogP contribution in [0.2, 0.25) is 0 Å². The summed E-state index contributed by atoms with van der Waals surface area (Å²) >= 11 is 1.65. The van der Waals surface area contributed by atoms with Gasteiger partial charge in [0.1, 0.15) is 5.82 Å². The van der Waals surface area contributed by atoms with Crippen LogP contribution in [0.1, 0.15) is 29.3 Å². The lowest BCUT2D eigenvalue weighted by atomic mass is 10.1. The maximum Gasteiger partial charge on any atom is 0.126 e. The van der Waals surface area contributed by atoms with E-state index in [0.717, 1.165) is 18.1 Å². The molecule has 0 saturated carbocycles. The molecular formula is C15H19FN2S. The van der Waals surface area contributed by atoms with Crippen molar-refractivity contribution in [3.8, 4) is 0 Å². The predicted molar refractivity (Wildman–Crippen MR) is 77.9 cm³/mol. The summed E-state index contributed by atoms with van der Waals surface area (Å²) in [6, 6.07) is 6.88. The summed E-state index contributed by atoms with van der Waals surface area (Å²) in [6.45, 7) is 6.21. The van der Waals surface area contributed by atoms with E-state index in [1.807, 2.05) is 18.3 Å². The lowest BCUT2D eigenvalue weighted by Crippen LogP contribution is -2.18. The molecule has 0 aliphatic rings. The molecule has 0 amide bonds. The molecule has 1 aromatic heterocycles. The predicted octanol–water partition coefficient (Wildman–Crippen LogP) is 3.62. The Hall–Kier alpha value is -1.26. The largest absolute Gasteiger partial charge is 0.312 e. The average molecular weight is 278 g/mol. The van der Waals surface area contributed by atoms with Crippen molar-refractivity contribution in [1.29, 1.82) is 0 Å². The highest BCUT2D eigenvalue weighted by Crippen LogP contribution is 2.18. The number of hydrogen-bond acceptors (Lipinski definition) is 3. The first-order valence-electron chi connectivity index (χ1n) is 6.53. The van der Waals surface area contributed by atoms with E-state index in [0.29, 0.717) is 17.9 Å². The van der Waals surface area contributed by atoms with Gasteiger partial charge in [0.2, 0.25) is 0 Å². The van der Waals surface area contributed by atoms with Crippen LogP contribution in [0.4, 0.5) is 4.39 Å². The van der Waals surface area contributed by atoms with Crippen molar-refractivity contribution in [2.24, 2.45) is 5.92 Å². The Morgan fingerprint density at radius 2 is 2.11 bits per heavy atom. The van der Waals surface area contributed by atoms with Crippen molar-refractivity contribution in [2.45, 2.75) is 26.8 Å². The Balaban J connectivity index is 1.92. The van der Waals surface area contributed by atoms with Gasteiger partial charge in [0.15, 0.2) is 0 Å². The Kier molecular flexibility index (Phi) is 5.05. The second-order valence-electron chi connectivity index (χ2n) is 5.01. The van der Waals surface area contributed by atoms with Crippen molar-refractivity contribution in [3.05, 3.63) is 51.7 Å². The molecule has 102 valence electrons. The minimum absolute atomic E-state index is 0.155. The van der Waals surface area contributed by atoms with E-state index >= 15 is 0 Å². The molecule has 0 spiro atoms. The molecule has 1 heterocycles. The molecule has 2 nitrogen and oxygen atoms in total. The second kappa shape index (κ2) is 6.78. The van der Waals surface area contributed by atoms with Gasteiger partial charge >= 0.3 is 0 Å². The molecule has 2 aromatic rings. The molecule has 0 aliphatic carbocycles. The first-order chi connectivity index (χ1) is 9.15. The van der Waals surface area contributed by atoms with Crippen molar-refractivity contribution < 1.29 is 4.39 Å². The number of aromatic nitrogens is 1. The zero-order valence-corrected chi connectivity index (χ0v) is 12.1. The van der Waals surface area contributed by atoms with E-state index in [2.05, 4.69) is 24.1 Å². The van der Waals surface area contributed by atoms with Crippen LogP contribution in [-0.2, 0) is 13.0 Å². The molecule has 0 bridgehead atoms. The van der Waals surface area contributed by atoms with Gasteiger partial charge in [-0.1, -0.05) is 32.0 Å². The minimum atomic E-state index is -0.155. The van der Waals surface area contributed by atoms with Crippen LogP contribution in [0, 0.1) is 11.7 Å². The monoisotopic (exact) mass is 278 g/mol. The van der Waals surface area contributed by atoms with E-state index in [1.165, 1.54) is 10.9 Å². The summed E-state index contributed by atoms with van der Waals surface area (Å²) in [5.41, 5.74) is 0.707. The molecule has 0 radical (unpaired) electrons. The van der Waals surface area contributed by atoms with Crippen molar-refractivity contribution in [1.82, 2.24) is 10.3 Å². The minimum Gasteiger partial charge on any atom is -0.312 e. The van der Waals surface area contributed by atoms with Crippen LogP contribution in [-0.4, -0.2) is 11.5 Å². The van der Waals surface area contributed by atoms with Gasteiger partial charge in [0, 0.05) is 24.0 Å². The maximum absolute atomic E-state index is 13.5. The number of nitrogens with zero attached hydrogens (tertiary/aromatic N) is 1. The topological polar surface area (TPSA) is 24.9 Å². The molecule has 19 heavy (non-hydrogen) atoms. The van der Waals surface area contributed by atoms with E-state index in [4.69, 9.17) is 0 Å². The fourth-order valence-corrected chi connectivity index (χ4v) is 2.72. The Morgan fingerprint density at radius 1 is 1.32 bits per heavy atom. The number of halogens is 1. The number of benzene rings is 1. The first kappa shape index (κ1) is 14.2. The Morgan fingerprint density at radius 3 is 2.84 bits per heavy atom. The summed E-state index contributed by atoms with van der Waals surface area (Å²) in [4.78, 5) is 5.56. The molecule has 1 aromatic carbocycles. The van der Waals surface area contributed by atoms with Crippen LogP contribution >= 0.6 is 11.3 Å². The van der Waals surface area contributed by atoms with Gasteiger partial charge in [0.25, 0.3) is 0 Å². The lowest BCUT2D eigenvalue weighted by molar-refractivity contribution is 0.554. The fraction of sp³-hybridized carbons (Fsp3) is 0.400. The van der Waals surface area contributed by atoms with Gasteiger partial charge in [-0.15, -0.1) is 11.3 Å². The highest BCUT2D eigenvalue weighted by atomic mass is 32.1. The molecule has 4 heteroatoms. The molecule has 0 unspecified atom stereocenters. The van der Waals surface area contributed by atoms with Crippen molar-refractivity contribution in [2.75, 3.05) is 6.54 Å². The zero-order chi connectivity index (χ0) is 13.7. The van der Waals surface area contributed by atoms with Crippen molar-refractivity contribution in [3.63, 3.8) is 0 Å². The fourth-order valence-electron chi connectivity index (χ4n) is 1.80. The molecular weight excluding hydrogens is 259 g/mol. The smallest absolute Gasteiger partial charge is 0.126 e. The Bertz CT molecular complexity index is 522. The summed E-state index contributed by atoms with van der Waals surface area (Å²) < 4.78 is 13.5. The number of thiazole rings is 1. The van der Waals surface area contributed by atoms with Gasteiger partial charge in [0.05, 0.1) is 5.01 Å². The SMILES string of the molecule is CC(C)CNCc1cnc(Cc2ccccc2F)s1. The van der Waals surface area contributed by atoms with E-state index in [-0.39, 0.29) is 5.82 Å². The lowest BCUT2D eigenvalue weighted by Gasteiger charge is -2.04. The summed E-state index contributed by atoms with van der Waals surface area (Å²) in [5.74, 6) is 0.489. The van der Waals surface area contributed by atoms with Crippen molar-refractivity contribution >= 4 is 11.3 Å². The van der Waals surface area contributed by atoms with Gasteiger partial charge in [-0.25, -0.2) is 9.37 Å². The number of hydrogen-bond donors (Lipinski definition) is 1. The normalized spacial score (nSPS) is 11.2. The van der Waals surface area contributed by atoms with Gasteiger partial charge in [-0.2, -0.15) is 0 Å². The third-order valence-electron chi connectivity index (χ3n) is 2.75. The van der Waals surface area contributed by atoms with E-state index < -0.39 is 0 Å². The third kappa shape index (κ3) is 4.40. The molecule has 2 rings (SSSR count). The average Bonchev–Trinajstić information content (AvgIpc) is 2.79. The van der Waals surface area contributed by atoms with Gasteiger partial charge in [-0.3, -0.25) is 0 Å². The van der Waals surface area contributed by atoms with Crippen LogP contribution in [0.3, 0.4) is 0 Å². The summed E-state index contributed by atoms with van der Waals surface area (Å²) in [6.07, 6.45) is 2.45. The van der Waals surface area contributed by atoms with Crippen LogP contribution in [0.5, 0.6) is 0 Å². The van der Waals surface area contributed by atoms with Crippen LogP contribution in [0.15, 0.2) is 30.5 Å². The molecule has 1 N–H and O–H groups in total. The Labute approximate surface area is 117 Å². The molecule has 0 saturated heterocycles.